The SMILES string of the molecule is NC[C@H]1CCC[C@H]1C(=O)Nc1ccc(C(=O)N2CCc3ccccc32)cc1. The third-order valence-corrected chi connectivity index (χ3v) is 5.83. The molecular formula is C22H25N3O2. The predicted molar refractivity (Wildman–Crippen MR) is 107 cm³/mol. The zero-order valence-electron chi connectivity index (χ0n) is 15.4. The third-order valence-electron chi connectivity index (χ3n) is 5.83. The lowest BCUT2D eigenvalue weighted by Crippen LogP contribution is -2.30. The summed E-state index contributed by atoms with van der Waals surface area (Å²) in [6, 6.07) is 15.2. The second kappa shape index (κ2) is 7.53. The van der Waals surface area contributed by atoms with E-state index in [2.05, 4.69) is 11.4 Å². The Balaban J connectivity index is 1.43. The topological polar surface area (TPSA) is 75.4 Å². The predicted octanol–water partition coefficient (Wildman–Crippen LogP) is 3.20. The largest absolute Gasteiger partial charge is 0.330 e. The number of rotatable bonds is 4. The highest BCUT2D eigenvalue weighted by atomic mass is 16.2. The lowest BCUT2D eigenvalue weighted by Gasteiger charge is -2.19. The van der Waals surface area contributed by atoms with Crippen molar-refractivity contribution in [3.8, 4) is 0 Å². The highest BCUT2D eigenvalue weighted by molar-refractivity contribution is 6.07. The van der Waals surface area contributed by atoms with E-state index in [1.54, 1.807) is 24.3 Å². The molecule has 3 N–H and O–H groups in total. The van der Waals surface area contributed by atoms with Crippen LogP contribution in [0.3, 0.4) is 0 Å². The average molecular weight is 363 g/mol. The fourth-order valence-corrected chi connectivity index (χ4v) is 4.30. The van der Waals surface area contributed by atoms with Gasteiger partial charge >= 0.3 is 0 Å². The molecule has 0 radical (unpaired) electrons. The number of anilines is 2. The third kappa shape index (κ3) is 3.47. The fraction of sp³-hybridized carbons (Fsp3) is 0.364. The van der Waals surface area contributed by atoms with Crippen LogP contribution in [-0.4, -0.2) is 24.9 Å². The van der Waals surface area contributed by atoms with E-state index in [9.17, 15) is 9.59 Å². The molecule has 1 saturated carbocycles. The van der Waals surface area contributed by atoms with Crippen LogP contribution in [0.25, 0.3) is 0 Å². The first kappa shape index (κ1) is 17.7. The van der Waals surface area contributed by atoms with Crippen molar-refractivity contribution in [3.05, 3.63) is 59.7 Å². The average Bonchev–Trinajstić information content (AvgIpc) is 3.35. The summed E-state index contributed by atoms with van der Waals surface area (Å²) in [5.74, 6) is 0.311. The van der Waals surface area contributed by atoms with Crippen LogP contribution in [0.1, 0.15) is 35.2 Å². The Bertz CT molecular complexity index is 847. The van der Waals surface area contributed by atoms with Gasteiger partial charge in [-0.1, -0.05) is 24.6 Å². The Morgan fingerprint density at radius 2 is 1.85 bits per heavy atom. The molecule has 5 heteroatoms. The molecule has 27 heavy (non-hydrogen) atoms. The van der Waals surface area contributed by atoms with E-state index in [4.69, 9.17) is 5.73 Å². The maximum Gasteiger partial charge on any atom is 0.258 e. The molecular weight excluding hydrogens is 338 g/mol. The maximum atomic E-state index is 12.9. The highest BCUT2D eigenvalue weighted by Gasteiger charge is 2.32. The number of fused-ring (bicyclic) bond motifs is 1. The van der Waals surface area contributed by atoms with Crippen LogP contribution < -0.4 is 16.0 Å². The van der Waals surface area contributed by atoms with E-state index in [1.165, 1.54) is 5.56 Å². The second-order valence-electron chi connectivity index (χ2n) is 7.44. The molecule has 4 rings (SSSR count). The first-order valence-corrected chi connectivity index (χ1v) is 9.68. The van der Waals surface area contributed by atoms with E-state index in [0.29, 0.717) is 18.7 Å². The van der Waals surface area contributed by atoms with Crippen LogP contribution in [0, 0.1) is 11.8 Å². The van der Waals surface area contributed by atoms with Crippen LogP contribution in [0.15, 0.2) is 48.5 Å². The minimum atomic E-state index is -0.00295. The lowest BCUT2D eigenvalue weighted by atomic mass is 9.95. The molecule has 0 saturated heterocycles. The normalized spacial score (nSPS) is 21.1. The van der Waals surface area contributed by atoms with Gasteiger partial charge in [0.05, 0.1) is 0 Å². The van der Waals surface area contributed by atoms with Gasteiger partial charge in [-0.15, -0.1) is 0 Å². The van der Waals surface area contributed by atoms with E-state index in [1.807, 2.05) is 23.1 Å². The summed E-state index contributed by atoms with van der Waals surface area (Å²) in [5, 5.41) is 2.98. The number of carbonyl (C=O) groups excluding carboxylic acids is 2. The van der Waals surface area contributed by atoms with Gasteiger partial charge in [-0.3, -0.25) is 9.59 Å². The van der Waals surface area contributed by atoms with Crippen LogP contribution in [-0.2, 0) is 11.2 Å². The summed E-state index contributed by atoms with van der Waals surface area (Å²) in [4.78, 5) is 27.2. The monoisotopic (exact) mass is 363 g/mol. The molecule has 5 nitrogen and oxygen atoms in total. The van der Waals surface area contributed by atoms with Crippen molar-refractivity contribution >= 4 is 23.2 Å². The van der Waals surface area contributed by atoms with Crippen molar-refractivity contribution < 1.29 is 9.59 Å². The minimum Gasteiger partial charge on any atom is -0.330 e. The summed E-state index contributed by atoms with van der Waals surface area (Å²) in [7, 11) is 0. The first-order chi connectivity index (χ1) is 13.2. The van der Waals surface area contributed by atoms with Crippen molar-refractivity contribution in [2.75, 3.05) is 23.3 Å². The van der Waals surface area contributed by atoms with E-state index in [-0.39, 0.29) is 23.7 Å². The molecule has 2 atom stereocenters. The number of nitrogens with two attached hydrogens (primary N) is 1. The van der Waals surface area contributed by atoms with Crippen molar-refractivity contribution in [1.82, 2.24) is 0 Å². The quantitative estimate of drug-likeness (QED) is 0.876. The molecule has 2 aromatic rings. The van der Waals surface area contributed by atoms with E-state index < -0.39 is 0 Å². The molecule has 1 aliphatic heterocycles. The number of amides is 2. The minimum absolute atomic E-state index is 0.00240. The molecule has 2 amide bonds. The number of hydrogen-bond donors (Lipinski definition) is 2. The number of carbonyl (C=O) groups is 2. The van der Waals surface area contributed by atoms with Crippen molar-refractivity contribution in [2.45, 2.75) is 25.7 Å². The van der Waals surface area contributed by atoms with Crippen LogP contribution >= 0.6 is 0 Å². The van der Waals surface area contributed by atoms with Gasteiger partial charge in [0.1, 0.15) is 0 Å². The summed E-state index contributed by atoms with van der Waals surface area (Å²) in [5.41, 5.74) is 9.34. The molecule has 0 aromatic heterocycles. The standard InChI is InChI=1S/C22H25N3O2/c23-14-17-5-3-6-19(17)21(26)24-18-10-8-16(9-11-18)22(27)25-13-12-15-4-1-2-7-20(15)25/h1-2,4,7-11,17,19H,3,5-6,12-14,23H2,(H,24,26)/t17-,19-/m1/s1. The molecule has 1 fully saturated rings. The lowest BCUT2D eigenvalue weighted by molar-refractivity contribution is -0.120. The molecule has 0 unspecified atom stereocenters. The molecule has 0 bridgehead atoms. The molecule has 0 spiro atoms. The Kier molecular flexibility index (Phi) is 4.94. The summed E-state index contributed by atoms with van der Waals surface area (Å²) < 4.78 is 0. The Morgan fingerprint density at radius 1 is 1.07 bits per heavy atom. The molecule has 1 heterocycles. The van der Waals surface area contributed by atoms with Crippen molar-refractivity contribution in [3.63, 3.8) is 0 Å². The molecule has 140 valence electrons. The Morgan fingerprint density at radius 3 is 2.63 bits per heavy atom. The van der Waals surface area contributed by atoms with Gasteiger partial charge in [0, 0.05) is 29.4 Å². The Labute approximate surface area is 159 Å². The van der Waals surface area contributed by atoms with Gasteiger partial charge in [0.15, 0.2) is 0 Å². The first-order valence-electron chi connectivity index (χ1n) is 9.68. The Hall–Kier alpha value is -2.66. The molecule has 2 aromatic carbocycles. The van der Waals surface area contributed by atoms with Gasteiger partial charge in [0.25, 0.3) is 5.91 Å². The summed E-state index contributed by atoms with van der Waals surface area (Å²) in [6.07, 6.45) is 3.88. The number of hydrogen-bond acceptors (Lipinski definition) is 3. The van der Waals surface area contributed by atoms with Gasteiger partial charge in [-0.05, 0) is 67.6 Å². The summed E-state index contributed by atoms with van der Waals surface area (Å²) >= 11 is 0. The number of para-hydroxylation sites is 1. The fourth-order valence-electron chi connectivity index (χ4n) is 4.30. The van der Waals surface area contributed by atoms with Crippen LogP contribution in [0.2, 0.25) is 0 Å². The maximum absolute atomic E-state index is 12.9. The molecule has 1 aliphatic carbocycles. The van der Waals surface area contributed by atoms with E-state index >= 15 is 0 Å². The zero-order chi connectivity index (χ0) is 18.8. The summed E-state index contributed by atoms with van der Waals surface area (Å²) in [6.45, 7) is 1.27. The van der Waals surface area contributed by atoms with E-state index in [0.717, 1.165) is 37.1 Å². The van der Waals surface area contributed by atoms with Gasteiger partial charge in [0.2, 0.25) is 5.91 Å². The highest BCUT2D eigenvalue weighted by Crippen LogP contribution is 2.32. The van der Waals surface area contributed by atoms with Crippen LogP contribution in [0.4, 0.5) is 11.4 Å². The zero-order valence-corrected chi connectivity index (χ0v) is 15.4. The van der Waals surface area contributed by atoms with Gasteiger partial charge in [-0.25, -0.2) is 0 Å². The van der Waals surface area contributed by atoms with Crippen molar-refractivity contribution in [1.29, 1.82) is 0 Å². The van der Waals surface area contributed by atoms with Gasteiger partial charge < -0.3 is 16.0 Å². The van der Waals surface area contributed by atoms with Crippen LogP contribution in [0.5, 0.6) is 0 Å². The number of benzene rings is 2. The number of nitrogens with zero attached hydrogens (tertiary/aromatic N) is 1. The second-order valence-corrected chi connectivity index (χ2v) is 7.44. The van der Waals surface area contributed by atoms with Crippen molar-refractivity contribution in [2.24, 2.45) is 17.6 Å². The number of nitrogens with one attached hydrogen (secondary N) is 1. The molecule has 2 aliphatic rings. The van der Waals surface area contributed by atoms with Gasteiger partial charge in [-0.2, -0.15) is 0 Å². The smallest absolute Gasteiger partial charge is 0.258 e.